The Balaban J connectivity index is 1.75. The van der Waals surface area contributed by atoms with Crippen LogP contribution in [0.1, 0.15) is 12.5 Å². The summed E-state index contributed by atoms with van der Waals surface area (Å²) in [5.41, 5.74) is 1.18. The maximum atomic E-state index is 12.2. The van der Waals surface area contributed by atoms with Crippen molar-refractivity contribution in [2.45, 2.75) is 19.4 Å². The van der Waals surface area contributed by atoms with Crippen LogP contribution < -0.4 is 15.4 Å². The molecule has 0 saturated carbocycles. The standard InChI is InChI=1S/C16H24N2O3/c1-3-17-15-11-21-10-14(15)16(19)18-9-8-12-4-6-13(20-2)7-5-12/h4-7,14-15,17H,3,8-11H2,1-2H3,(H,18,19). The summed E-state index contributed by atoms with van der Waals surface area (Å²) in [5.74, 6) is 0.840. The van der Waals surface area contributed by atoms with Gasteiger partial charge in [-0.05, 0) is 30.7 Å². The second-order valence-electron chi connectivity index (χ2n) is 5.20. The minimum absolute atomic E-state index is 0.0759. The lowest BCUT2D eigenvalue weighted by atomic mass is 10.0. The first-order chi connectivity index (χ1) is 10.2. The topological polar surface area (TPSA) is 59.6 Å². The molecular formula is C16H24N2O3. The molecule has 0 aliphatic carbocycles. The maximum absolute atomic E-state index is 12.2. The SMILES string of the molecule is CCNC1COCC1C(=O)NCCc1ccc(OC)cc1. The molecule has 5 nitrogen and oxygen atoms in total. The molecule has 2 atom stereocenters. The summed E-state index contributed by atoms with van der Waals surface area (Å²) in [4.78, 5) is 12.2. The second-order valence-corrected chi connectivity index (χ2v) is 5.20. The van der Waals surface area contributed by atoms with Gasteiger partial charge >= 0.3 is 0 Å². The lowest BCUT2D eigenvalue weighted by Gasteiger charge is -2.17. The van der Waals surface area contributed by atoms with Gasteiger partial charge in [0.15, 0.2) is 0 Å². The quantitative estimate of drug-likeness (QED) is 0.786. The van der Waals surface area contributed by atoms with Crippen molar-refractivity contribution in [3.63, 3.8) is 0 Å². The molecule has 1 aromatic carbocycles. The Hall–Kier alpha value is -1.59. The first-order valence-corrected chi connectivity index (χ1v) is 7.46. The number of carbonyl (C=O) groups excluding carboxylic acids is 1. The number of nitrogens with one attached hydrogen (secondary N) is 2. The van der Waals surface area contributed by atoms with Gasteiger partial charge in [-0.2, -0.15) is 0 Å². The van der Waals surface area contributed by atoms with Gasteiger partial charge in [-0.25, -0.2) is 0 Å². The molecule has 1 aromatic rings. The van der Waals surface area contributed by atoms with E-state index in [1.165, 1.54) is 5.56 Å². The fourth-order valence-electron chi connectivity index (χ4n) is 2.53. The van der Waals surface area contributed by atoms with Gasteiger partial charge in [0.25, 0.3) is 0 Å². The highest BCUT2D eigenvalue weighted by Crippen LogP contribution is 2.14. The maximum Gasteiger partial charge on any atom is 0.227 e. The van der Waals surface area contributed by atoms with Crippen LogP contribution in [0.2, 0.25) is 0 Å². The highest BCUT2D eigenvalue weighted by molar-refractivity contribution is 5.79. The van der Waals surface area contributed by atoms with Crippen LogP contribution in [-0.4, -0.2) is 45.4 Å². The van der Waals surface area contributed by atoms with E-state index in [-0.39, 0.29) is 17.9 Å². The lowest BCUT2D eigenvalue weighted by Crippen LogP contribution is -2.44. The van der Waals surface area contributed by atoms with E-state index in [4.69, 9.17) is 9.47 Å². The van der Waals surface area contributed by atoms with Crippen LogP contribution in [0.15, 0.2) is 24.3 Å². The Kier molecular flexibility index (Phi) is 6.02. The van der Waals surface area contributed by atoms with Crippen molar-refractivity contribution in [3.05, 3.63) is 29.8 Å². The Morgan fingerprint density at radius 2 is 2.10 bits per heavy atom. The summed E-state index contributed by atoms with van der Waals surface area (Å²) in [6.45, 7) is 4.65. The molecule has 0 radical (unpaired) electrons. The highest BCUT2D eigenvalue weighted by Gasteiger charge is 2.33. The lowest BCUT2D eigenvalue weighted by molar-refractivity contribution is -0.125. The summed E-state index contributed by atoms with van der Waals surface area (Å²) < 4.78 is 10.5. The molecule has 1 saturated heterocycles. The van der Waals surface area contributed by atoms with Crippen molar-refractivity contribution in [3.8, 4) is 5.75 Å². The van der Waals surface area contributed by atoms with Crippen LogP contribution in [-0.2, 0) is 16.0 Å². The van der Waals surface area contributed by atoms with Gasteiger partial charge in [-0.3, -0.25) is 4.79 Å². The molecule has 0 bridgehead atoms. The molecule has 1 aliphatic rings. The Labute approximate surface area is 126 Å². The Bertz CT molecular complexity index is 447. The average molecular weight is 292 g/mol. The summed E-state index contributed by atoms with van der Waals surface area (Å²) >= 11 is 0. The molecule has 21 heavy (non-hydrogen) atoms. The van der Waals surface area contributed by atoms with Crippen molar-refractivity contribution >= 4 is 5.91 Å². The number of rotatable bonds is 7. The van der Waals surface area contributed by atoms with Gasteiger partial charge in [0.05, 0.1) is 26.2 Å². The van der Waals surface area contributed by atoms with Gasteiger partial charge in [0.2, 0.25) is 5.91 Å². The molecule has 2 N–H and O–H groups in total. The minimum atomic E-state index is -0.0826. The Morgan fingerprint density at radius 3 is 2.76 bits per heavy atom. The van der Waals surface area contributed by atoms with Crippen molar-refractivity contribution in [1.82, 2.24) is 10.6 Å². The number of amides is 1. The number of carbonyl (C=O) groups is 1. The zero-order valence-electron chi connectivity index (χ0n) is 12.7. The summed E-state index contributed by atoms with van der Waals surface area (Å²) in [5, 5.41) is 6.30. The van der Waals surface area contributed by atoms with Crippen molar-refractivity contribution < 1.29 is 14.3 Å². The number of likely N-dealkylation sites (N-methyl/N-ethyl adjacent to an activating group) is 1. The Morgan fingerprint density at radius 1 is 1.33 bits per heavy atom. The first-order valence-electron chi connectivity index (χ1n) is 7.46. The summed E-state index contributed by atoms with van der Waals surface area (Å²) in [6, 6.07) is 8.04. The fourth-order valence-corrected chi connectivity index (χ4v) is 2.53. The number of ether oxygens (including phenoxy) is 2. The van der Waals surface area contributed by atoms with Crippen molar-refractivity contribution in [2.24, 2.45) is 5.92 Å². The van der Waals surface area contributed by atoms with E-state index in [2.05, 4.69) is 10.6 Å². The van der Waals surface area contributed by atoms with E-state index in [1.54, 1.807) is 7.11 Å². The third-order valence-electron chi connectivity index (χ3n) is 3.76. The van der Waals surface area contributed by atoms with Gasteiger partial charge in [0, 0.05) is 12.6 Å². The van der Waals surface area contributed by atoms with Crippen LogP contribution in [0.3, 0.4) is 0 Å². The monoisotopic (exact) mass is 292 g/mol. The van der Waals surface area contributed by atoms with Gasteiger partial charge < -0.3 is 20.1 Å². The highest BCUT2D eigenvalue weighted by atomic mass is 16.5. The van der Waals surface area contributed by atoms with Crippen LogP contribution in [0.25, 0.3) is 0 Å². The van der Waals surface area contributed by atoms with E-state index >= 15 is 0 Å². The normalized spacial score (nSPS) is 21.2. The fraction of sp³-hybridized carbons (Fsp3) is 0.562. The predicted octanol–water partition coefficient (Wildman–Crippen LogP) is 0.978. The molecule has 0 spiro atoms. The van der Waals surface area contributed by atoms with Crippen LogP contribution >= 0.6 is 0 Å². The van der Waals surface area contributed by atoms with E-state index in [1.807, 2.05) is 31.2 Å². The van der Waals surface area contributed by atoms with Crippen LogP contribution in [0.5, 0.6) is 5.75 Å². The number of methoxy groups -OCH3 is 1. The van der Waals surface area contributed by atoms with E-state index in [0.717, 1.165) is 18.7 Å². The van der Waals surface area contributed by atoms with Crippen LogP contribution in [0, 0.1) is 5.92 Å². The molecule has 1 heterocycles. The molecule has 1 aliphatic heterocycles. The number of hydrogen-bond acceptors (Lipinski definition) is 4. The van der Waals surface area contributed by atoms with Crippen molar-refractivity contribution in [2.75, 3.05) is 33.4 Å². The second kappa shape index (κ2) is 8.00. The largest absolute Gasteiger partial charge is 0.497 e. The van der Waals surface area contributed by atoms with Gasteiger partial charge in [-0.15, -0.1) is 0 Å². The number of benzene rings is 1. The smallest absolute Gasteiger partial charge is 0.227 e. The van der Waals surface area contributed by atoms with E-state index in [0.29, 0.717) is 19.8 Å². The summed E-state index contributed by atoms with van der Waals surface area (Å²) in [6.07, 6.45) is 0.815. The molecule has 1 amide bonds. The molecule has 0 aromatic heterocycles. The zero-order chi connectivity index (χ0) is 15.1. The molecule has 2 rings (SSSR count). The first kappa shape index (κ1) is 15.8. The average Bonchev–Trinajstić information content (AvgIpc) is 2.96. The minimum Gasteiger partial charge on any atom is -0.497 e. The van der Waals surface area contributed by atoms with E-state index in [9.17, 15) is 4.79 Å². The third-order valence-corrected chi connectivity index (χ3v) is 3.76. The van der Waals surface area contributed by atoms with Crippen molar-refractivity contribution in [1.29, 1.82) is 0 Å². The van der Waals surface area contributed by atoms with Gasteiger partial charge in [-0.1, -0.05) is 19.1 Å². The molecule has 116 valence electrons. The van der Waals surface area contributed by atoms with Crippen LogP contribution in [0.4, 0.5) is 0 Å². The van der Waals surface area contributed by atoms with Gasteiger partial charge in [0.1, 0.15) is 5.75 Å². The zero-order valence-corrected chi connectivity index (χ0v) is 12.7. The number of hydrogen-bond donors (Lipinski definition) is 2. The molecular weight excluding hydrogens is 268 g/mol. The summed E-state index contributed by atoms with van der Waals surface area (Å²) in [7, 11) is 1.65. The molecule has 5 heteroatoms. The predicted molar refractivity (Wildman–Crippen MR) is 81.5 cm³/mol. The third kappa shape index (κ3) is 4.44. The molecule has 2 unspecified atom stereocenters. The van der Waals surface area contributed by atoms with E-state index < -0.39 is 0 Å². The molecule has 1 fully saturated rings.